The average molecular weight is 874 g/mol. The number of nitriles is 1. The Bertz CT molecular complexity index is 2710. The van der Waals surface area contributed by atoms with E-state index >= 15 is 8.78 Å². The van der Waals surface area contributed by atoms with E-state index in [9.17, 15) is 14.9 Å². The Morgan fingerprint density at radius 2 is 1.78 bits per heavy atom. The molecule has 11 rings (SSSR count). The van der Waals surface area contributed by atoms with Crippen LogP contribution in [0.25, 0.3) is 21.9 Å². The number of anilines is 3. The largest absolute Gasteiger partial charge is 0.453 e. The number of imide groups is 1. The molecule has 2 aromatic heterocycles. The number of urea groups is 1. The number of amides is 3. The Hall–Kier alpha value is -5.57. The Morgan fingerprint density at radius 3 is 2.52 bits per heavy atom. The van der Waals surface area contributed by atoms with Crippen molar-refractivity contribution in [2.75, 3.05) is 60.3 Å². The number of hydrogen-bond acceptors (Lipinski definition) is 12. The molecule has 17 heteroatoms. The summed E-state index contributed by atoms with van der Waals surface area (Å²) in [4.78, 5) is 40.1. The maximum Gasteiger partial charge on any atom is 0.329 e. The first-order valence-electron chi connectivity index (χ1n) is 22.1. The van der Waals surface area contributed by atoms with E-state index in [4.69, 9.17) is 14.7 Å². The predicted molar refractivity (Wildman–Crippen MR) is 236 cm³/mol. The number of halogens is 2. The van der Waals surface area contributed by atoms with Crippen molar-refractivity contribution in [1.29, 1.82) is 5.26 Å². The molecule has 3 amide bonds. The molecule has 326 valence electrons. The van der Waals surface area contributed by atoms with Gasteiger partial charge in [-0.1, -0.05) is 6.92 Å². The minimum absolute atomic E-state index is 0.113. The van der Waals surface area contributed by atoms with Crippen molar-refractivity contribution in [3.8, 4) is 17.6 Å². The number of nitrogens with zero attached hydrogens (tertiary/aromatic N) is 9. The number of benzene rings is 3. The smallest absolute Gasteiger partial charge is 0.329 e. The third kappa shape index (κ3) is 7.20. The number of hydrogen-bond donors (Lipinski definition) is 2. The van der Waals surface area contributed by atoms with E-state index in [0.29, 0.717) is 57.1 Å². The van der Waals surface area contributed by atoms with E-state index in [2.05, 4.69) is 42.2 Å². The van der Waals surface area contributed by atoms with Crippen LogP contribution in [-0.2, 0) is 11.8 Å². The van der Waals surface area contributed by atoms with E-state index in [1.54, 1.807) is 29.9 Å². The van der Waals surface area contributed by atoms with Crippen molar-refractivity contribution in [3.05, 3.63) is 71.6 Å². The molecule has 0 bridgehead atoms. The molecule has 4 aliphatic heterocycles. The molecule has 5 aromatic rings. The van der Waals surface area contributed by atoms with Gasteiger partial charge in [-0.05, 0) is 106 Å². The number of aryl methyl sites for hydroxylation is 1. The molecule has 63 heavy (non-hydrogen) atoms. The Morgan fingerprint density at radius 1 is 0.968 bits per heavy atom. The first kappa shape index (κ1) is 40.2. The number of aromatic nitrogens is 4. The maximum absolute atomic E-state index is 15.7. The van der Waals surface area contributed by atoms with Crippen molar-refractivity contribution < 1.29 is 23.1 Å². The fraction of sp³-hybridized carbons (Fsp3) is 0.478. The van der Waals surface area contributed by atoms with Crippen LogP contribution in [0.1, 0.15) is 75.5 Å². The van der Waals surface area contributed by atoms with Crippen LogP contribution in [0.3, 0.4) is 0 Å². The van der Waals surface area contributed by atoms with E-state index < -0.39 is 11.8 Å². The molecule has 2 saturated carbocycles. The van der Waals surface area contributed by atoms with Crippen LogP contribution in [0.2, 0.25) is 0 Å². The van der Waals surface area contributed by atoms with Gasteiger partial charge in [0.15, 0.2) is 17.4 Å². The lowest BCUT2D eigenvalue weighted by Crippen LogP contribution is -2.67. The Labute approximate surface area is 368 Å². The van der Waals surface area contributed by atoms with Crippen LogP contribution in [0, 0.1) is 39.7 Å². The molecule has 1 atom stereocenters. The minimum Gasteiger partial charge on any atom is -0.453 e. The van der Waals surface area contributed by atoms with Crippen LogP contribution in [0.5, 0.6) is 11.5 Å². The van der Waals surface area contributed by atoms with Gasteiger partial charge < -0.3 is 19.3 Å². The number of likely N-dealkylation sites (tertiary alicyclic amines) is 1. The molecular formula is C46H49F2N11O3S. The summed E-state index contributed by atoms with van der Waals surface area (Å²) in [5.41, 5.74) is 4.85. The summed E-state index contributed by atoms with van der Waals surface area (Å²) in [7, 11) is 1.79. The molecule has 3 aromatic carbocycles. The number of rotatable bonds is 9. The highest BCUT2D eigenvalue weighted by molar-refractivity contribution is 7.98. The van der Waals surface area contributed by atoms with E-state index in [-0.39, 0.29) is 41.4 Å². The van der Waals surface area contributed by atoms with E-state index in [1.165, 1.54) is 42.0 Å². The maximum atomic E-state index is 15.7. The quantitative estimate of drug-likeness (QED) is 0.139. The SMILES string of the molecule is CC1CCN(SNc2ccc(F)c(Oc3ccc4ncc(C5CC6(CCN(C7CC8(C7)CN(c7cc9c(cc7F)c(N7CCC(=O)NC7=O)nn9C)C8)CC6)C5)nc4c3)c2C#N)C1. The Kier molecular flexibility index (Phi) is 9.77. The van der Waals surface area contributed by atoms with Crippen LogP contribution < -0.4 is 24.6 Å². The Balaban J connectivity index is 0.679. The highest BCUT2D eigenvalue weighted by Gasteiger charge is 2.56. The summed E-state index contributed by atoms with van der Waals surface area (Å²) in [6, 6.07) is 13.7. The van der Waals surface area contributed by atoms with E-state index in [1.807, 2.05) is 18.3 Å². The fourth-order valence-electron chi connectivity index (χ4n) is 11.1. The summed E-state index contributed by atoms with van der Waals surface area (Å²) in [5, 5.41) is 17.4. The topological polar surface area (TPSA) is 148 Å². The predicted octanol–water partition coefficient (Wildman–Crippen LogP) is 7.85. The van der Waals surface area contributed by atoms with Gasteiger partial charge in [-0.15, -0.1) is 0 Å². The highest BCUT2D eigenvalue weighted by Crippen LogP contribution is 2.58. The monoisotopic (exact) mass is 873 g/mol. The lowest BCUT2D eigenvalue weighted by Gasteiger charge is -2.63. The summed E-state index contributed by atoms with van der Waals surface area (Å²) in [6.07, 6.45) is 9.96. The number of nitrogens with one attached hydrogen (secondary N) is 2. The van der Waals surface area contributed by atoms with Gasteiger partial charge >= 0.3 is 6.03 Å². The van der Waals surface area contributed by atoms with Gasteiger partial charge in [0.05, 0.1) is 33.6 Å². The van der Waals surface area contributed by atoms with Gasteiger partial charge in [0, 0.05) is 93.4 Å². The lowest BCUT2D eigenvalue weighted by molar-refractivity contribution is -0.120. The van der Waals surface area contributed by atoms with Crippen molar-refractivity contribution in [3.63, 3.8) is 0 Å². The number of carbonyl (C=O) groups excluding carboxylic acids is 2. The fourth-order valence-corrected chi connectivity index (χ4v) is 12.1. The second-order valence-corrected chi connectivity index (χ2v) is 19.9. The lowest BCUT2D eigenvalue weighted by atomic mass is 9.55. The standard InChI is InChI=1S/C46H49F2N11O3S/c1-27-7-11-58(24-27)63-54-35-6-4-33(47)42(32(35)22-49)62-30-3-5-36-37(15-30)51-38(23-50-36)28-18-45(19-28)9-13-56(14-10-45)29-20-46(21-29)25-57(26-46)40-17-39-31(16-34(40)48)43(53-55(39)2)59-12-8-41(60)52-44(59)61/h3-6,15-17,23,27-29,54H,7-14,18-21,24-26H2,1-2H3,(H,52,60,61). The van der Waals surface area contributed by atoms with Crippen LogP contribution in [-0.4, -0.2) is 92.7 Å². The molecule has 2 spiro atoms. The molecule has 14 nitrogen and oxygen atoms in total. The van der Waals surface area contributed by atoms with Crippen molar-refractivity contribution >= 4 is 63.2 Å². The zero-order valence-corrected chi connectivity index (χ0v) is 36.2. The zero-order valence-electron chi connectivity index (χ0n) is 35.4. The first-order chi connectivity index (χ1) is 30.4. The molecule has 0 radical (unpaired) electrons. The van der Waals surface area contributed by atoms with Gasteiger partial charge in [-0.25, -0.2) is 22.9 Å². The summed E-state index contributed by atoms with van der Waals surface area (Å²) < 4.78 is 44.0. The molecule has 6 heterocycles. The van der Waals surface area contributed by atoms with Gasteiger partial charge in [-0.2, -0.15) is 10.4 Å². The third-order valence-electron chi connectivity index (χ3n) is 14.7. The highest BCUT2D eigenvalue weighted by atomic mass is 32.2. The van der Waals surface area contributed by atoms with Crippen LogP contribution in [0.4, 0.5) is 30.8 Å². The summed E-state index contributed by atoms with van der Waals surface area (Å²) in [5.74, 6) is 0.327. The number of fused-ring (bicyclic) bond motifs is 2. The molecule has 1 unspecified atom stereocenters. The molecule has 2 aliphatic carbocycles. The van der Waals surface area contributed by atoms with Gasteiger partial charge in [0.1, 0.15) is 23.2 Å². The third-order valence-corrected chi connectivity index (χ3v) is 15.6. The average Bonchev–Trinajstić information content (AvgIpc) is 3.79. The van der Waals surface area contributed by atoms with Crippen molar-refractivity contribution in [1.82, 2.24) is 34.3 Å². The van der Waals surface area contributed by atoms with E-state index in [0.717, 1.165) is 88.1 Å². The van der Waals surface area contributed by atoms with Gasteiger partial charge in [-0.3, -0.25) is 24.7 Å². The number of ether oxygens (including phenoxy) is 1. The first-order valence-corrected chi connectivity index (χ1v) is 22.8. The normalized spacial score (nSPS) is 23.5. The second kappa shape index (κ2) is 15.3. The molecule has 2 N–H and O–H groups in total. The summed E-state index contributed by atoms with van der Waals surface area (Å²) >= 11 is 1.43. The van der Waals surface area contributed by atoms with Crippen molar-refractivity contribution in [2.45, 2.75) is 70.3 Å². The number of piperidine rings is 1. The minimum atomic E-state index is -0.606. The summed E-state index contributed by atoms with van der Waals surface area (Å²) in [6.45, 7) is 8.16. The molecule has 6 fully saturated rings. The molecule has 6 aliphatic rings. The van der Waals surface area contributed by atoms with Crippen molar-refractivity contribution in [2.24, 2.45) is 23.8 Å². The zero-order chi connectivity index (χ0) is 43.2. The number of carbonyl (C=O) groups is 2. The molecule has 4 saturated heterocycles. The van der Waals surface area contributed by atoms with Crippen LogP contribution >= 0.6 is 12.1 Å². The second-order valence-electron chi connectivity index (χ2n) is 19.0. The molecular weight excluding hydrogens is 825 g/mol. The van der Waals surface area contributed by atoms with Gasteiger partial charge in [0.2, 0.25) is 5.91 Å². The van der Waals surface area contributed by atoms with Gasteiger partial charge in [0.25, 0.3) is 0 Å². The van der Waals surface area contributed by atoms with Crippen LogP contribution in [0.15, 0.2) is 48.7 Å².